The first-order valence-electron chi connectivity index (χ1n) is 7.68. The summed E-state index contributed by atoms with van der Waals surface area (Å²) in [5.41, 5.74) is 0.840. The van der Waals surface area contributed by atoms with Crippen molar-refractivity contribution in [3.8, 4) is 0 Å². The molecule has 118 valence electrons. The summed E-state index contributed by atoms with van der Waals surface area (Å²) in [5, 5.41) is 3.68. The summed E-state index contributed by atoms with van der Waals surface area (Å²) in [6.45, 7) is 1.33. The van der Waals surface area contributed by atoms with Crippen LogP contribution in [0.1, 0.15) is 24.8 Å². The highest BCUT2D eigenvalue weighted by atomic mass is 35.5. The van der Waals surface area contributed by atoms with Crippen molar-refractivity contribution in [1.82, 2.24) is 5.32 Å². The first-order valence-corrected chi connectivity index (χ1v) is 8.06. The maximum atomic E-state index is 12.0. The molecule has 3 rings (SSSR count). The fraction of sp³-hybridized carbons (Fsp3) is 0.471. The summed E-state index contributed by atoms with van der Waals surface area (Å²) in [4.78, 5) is 12.0. The van der Waals surface area contributed by atoms with E-state index >= 15 is 0 Å². The SMILES string of the molecule is O=C(/C=C/c1ccccc1Cl)N[C@@H]1CC[C@H]2OCCO[C@@H]2C1. The maximum absolute atomic E-state index is 12.0. The van der Waals surface area contributed by atoms with Gasteiger partial charge in [0.05, 0.1) is 25.4 Å². The number of fused-ring (bicyclic) bond motifs is 1. The molecule has 0 spiro atoms. The number of benzene rings is 1. The number of ether oxygens (including phenoxy) is 2. The Bertz CT molecular complexity index is 561. The summed E-state index contributed by atoms with van der Waals surface area (Å²) in [6, 6.07) is 7.59. The van der Waals surface area contributed by atoms with E-state index in [0.717, 1.165) is 24.8 Å². The molecule has 1 aliphatic heterocycles. The van der Waals surface area contributed by atoms with Gasteiger partial charge in [0.15, 0.2) is 0 Å². The van der Waals surface area contributed by atoms with Crippen LogP contribution in [-0.2, 0) is 14.3 Å². The van der Waals surface area contributed by atoms with E-state index in [4.69, 9.17) is 21.1 Å². The molecular weight excluding hydrogens is 302 g/mol. The second kappa shape index (κ2) is 7.27. The average Bonchev–Trinajstić information content (AvgIpc) is 2.54. The molecule has 0 unspecified atom stereocenters. The molecule has 1 amide bonds. The van der Waals surface area contributed by atoms with Gasteiger partial charge in [0.2, 0.25) is 5.91 Å². The highest BCUT2D eigenvalue weighted by molar-refractivity contribution is 6.32. The smallest absolute Gasteiger partial charge is 0.244 e. The van der Waals surface area contributed by atoms with Crippen LogP contribution >= 0.6 is 11.6 Å². The minimum absolute atomic E-state index is 0.0971. The van der Waals surface area contributed by atoms with Crippen LogP contribution in [0.25, 0.3) is 6.08 Å². The van der Waals surface area contributed by atoms with Crippen LogP contribution in [0, 0.1) is 0 Å². The Morgan fingerprint density at radius 2 is 1.95 bits per heavy atom. The summed E-state index contributed by atoms with van der Waals surface area (Å²) >= 11 is 6.06. The van der Waals surface area contributed by atoms with Crippen LogP contribution in [0.3, 0.4) is 0 Å². The second-order valence-corrected chi connectivity index (χ2v) is 6.10. The van der Waals surface area contributed by atoms with E-state index in [-0.39, 0.29) is 24.2 Å². The standard InChI is InChI=1S/C17H20ClNO3/c18-14-4-2-1-3-12(14)5-8-17(20)19-13-6-7-15-16(11-13)22-10-9-21-15/h1-5,8,13,15-16H,6-7,9-11H2,(H,19,20)/b8-5+/t13-,15-,16-/m1/s1. The number of halogens is 1. The van der Waals surface area contributed by atoms with E-state index in [1.807, 2.05) is 18.2 Å². The zero-order chi connectivity index (χ0) is 15.4. The third kappa shape index (κ3) is 3.88. The van der Waals surface area contributed by atoms with Gasteiger partial charge in [-0.1, -0.05) is 29.8 Å². The van der Waals surface area contributed by atoms with Crippen molar-refractivity contribution in [1.29, 1.82) is 0 Å². The molecule has 1 saturated heterocycles. The quantitative estimate of drug-likeness (QED) is 0.871. The van der Waals surface area contributed by atoms with Gasteiger partial charge < -0.3 is 14.8 Å². The molecule has 3 atom stereocenters. The van der Waals surface area contributed by atoms with Gasteiger partial charge in [0.25, 0.3) is 0 Å². The van der Waals surface area contributed by atoms with Gasteiger partial charge in [-0.2, -0.15) is 0 Å². The van der Waals surface area contributed by atoms with Crippen LogP contribution in [0.15, 0.2) is 30.3 Å². The molecule has 1 aromatic carbocycles. The Balaban J connectivity index is 1.53. The molecule has 1 saturated carbocycles. The molecule has 1 N–H and O–H groups in total. The lowest BCUT2D eigenvalue weighted by atomic mass is 9.89. The lowest BCUT2D eigenvalue weighted by molar-refractivity contribution is -0.158. The fourth-order valence-corrected chi connectivity index (χ4v) is 3.22. The van der Waals surface area contributed by atoms with Gasteiger partial charge in [-0.05, 0) is 37.0 Å². The molecule has 0 bridgehead atoms. The van der Waals surface area contributed by atoms with Crippen LogP contribution in [0.4, 0.5) is 0 Å². The molecule has 1 heterocycles. The molecule has 22 heavy (non-hydrogen) atoms. The molecule has 1 aliphatic carbocycles. The van der Waals surface area contributed by atoms with Gasteiger partial charge in [-0.25, -0.2) is 0 Å². The number of hydrogen-bond donors (Lipinski definition) is 1. The Labute approximate surface area is 135 Å². The number of carbonyl (C=O) groups excluding carboxylic acids is 1. The number of carbonyl (C=O) groups is 1. The van der Waals surface area contributed by atoms with E-state index in [1.54, 1.807) is 12.1 Å². The van der Waals surface area contributed by atoms with Crippen molar-refractivity contribution >= 4 is 23.6 Å². The van der Waals surface area contributed by atoms with E-state index in [1.165, 1.54) is 6.08 Å². The van der Waals surface area contributed by atoms with Crippen LogP contribution in [-0.4, -0.2) is 37.4 Å². The zero-order valence-electron chi connectivity index (χ0n) is 12.3. The molecule has 2 fully saturated rings. The minimum atomic E-state index is -0.0971. The third-order valence-electron chi connectivity index (χ3n) is 4.14. The average molecular weight is 322 g/mol. The summed E-state index contributed by atoms with van der Waals surface area (Å²) in [6.07, 6.45) is 6.26. The normalized spacial score (nSPS) is 28.3. The molecule has 1 aromatic rings. The van der Waals surface area contributed by atoms with Crippen LogP contribution in [0.2, 0.25) is 5.02 Å². The van der Waals surface area contributed by atoms with Gasteiger partial charge in [-0.15, -0.1) is 0 Å². The summed E-state index contributed by atoms with van der Waals surface area (Å²) < 4.78 is 11.4. The minimum Gasteiger partial charge on any atom is -0.373 e. The van der Waals surface area contributed by atoms with Crippen molar-refractivity contribution in [3.05, 3.63) is 40.9 Å². The van der Waals surface area contributed by atoms with Crippen molar-refractivity contribution in [2.75, 3.05) is 13.2 Å². The lowest BCUT2D eigenvalue weighted by Crippen LogP contribution is -2.49. The zero-order valence-corrected chi connectivity index (χ0v) is 13.1. The number of amides is 1. The summed E-state index contributed by atoms with van der Waals surface area (Å²) in [7, 11) is 0. The van der Waals surface area contributed by atoms with E-state index in [2.05, 4.69) is 5.32 Å². The highest BCUT2D eigenvalue weighted by Crippen LogP contribution is 2.26. The fourth-order valence-electron chi connectivity index (χ4n) is 3.02. The van der Waals surface area contributed by atoms with Crippen LogP contribution in [0.5, 0.6) is 0 Å². The first-order chi connectivity index (χ1) is 10.7. The van der Waals surface area contributed by atoms with Gasteiger partial charge >= 0.3 is 0 Å². The number of nitrogens with one attached hydrogen (secondary N) is 1. The second-order valence-electron chi connectivity index (χ2n) is 5.69. The largest absolute Gasteiger partial charge is 0.373 e. The third-order valence-corrected chi connectivity index (χ3v) is 4.49. The molecular formula is C17H20ClNO3. The first kappa shape index (κ1) is 15.5. The monoisotopic (exact) mass is 321 g/mol. The molecule has 0 aromatic heterocycles. The Hall–Kier alpha value is -1.36. The van der Waals surface area contributed by atoms with Crippen molar-refractivity contribution < 1.29 is 14.3 Å². The van der Waals surface area contributed by atoms with Crippen molar-refractivity contribution in [3.63, 3.8) is 0 Å². The maximum Gasteiger partial charge on any atom is 0.244 e. The van der Waals surface area contributed by atoms with E-state index in [9.17, 15) is 4.79 Å². The van der Waals surface area contributed by atoms with Gasteiger partial charge in [0.1, 0.15) is 0 Å². The van der Waals surface area contributed by atoms with Crippen molar-refractivity contribution in [2.24, 2.45) is 0 Å². The van der Waals surface area contributed by atoms with Gasteiger partial charge in [0, 0.05) is 17.1 Å². The summed E-state index contributed by atoms with van der Waals surface area (Å²) in [5.74, 6) is -0.0971. The topological polar surface area (TPSA) is 47.6 Å². The van der Waals surface area contributed by atoms with E-state index < -0.39 is 0 Å². The highest BCUT2D eigenvalue weighted by Gasteiger charge is 2.34. The molecule has 0 radical (unpaired) electrons. The predicted octanol–water partition coefficient (Wildman–Crippen LogP) is 2.81. The van der Waals surface area contributed by atoms with Crippen molar-refractivity contribution in [2.45, 2.75) is 37.5 Å². The Kier molecular flexibility index (Phi) is 5.13. The lowest BCUT2D eigenvalue weighted by Gasteiger charge is -2.38. The Morgan fingerprint density at radius 3 is 2.77 bits per heavy atom. The number of hydrogen-bond acceptors (Lipinski definition) is 3. The predicted molar refractivity (Wildman–Crippen MR) is 85.7 cm³/mol. The van der Waals surface area contributed by atoms with Crippen LogP contribution < -0.4 is 5.32 Å². The molecule has 5 heteroatoms. The Morgan fingerprint density at radius 1 is 1.18 bits per heavy atom. The van der Waals surface area contributed by atoms with E-state index in [0.29, 0.717) is 18.2 Å². The number of rotatable bonds is 3. The van der Waals surface area contributed by atoms with Gasteiger partial charge in [-0.3, -0.25) is 4.79 Å². The molecule has 2 aliphatic rings. The molecule has 4 nitrogen and oxygen atoms in total.